The lowest BCUT2D eigenvalue weighted by Gasteiger charge is -2.37. The Balaban J connectivity index is 2.31. The summed E-state index contributed by atoms with van der Waals surface area (Å²) in [5, 5.41) is 0.822. The lowest BCUT2D eigenvalue weighted by Crippen LogP contribution is -2.41. The van der Waals surface area contributed by atoms with Crippen LogP contribution in [0.4, 0.5) is 0 Å². The van der Waals surface area contributed by atoms with Crippen molar-refractivity contribution in [3.8, 4) is 0 Å². The molecule has 1 aliphatic heterocycles. The van der Waals surface area contributed by atoms with Crippen molar-refractivity contribution in [2.45, 2.75) is 51.1 Å². The Morgan fingerprint density at radius 2 is 2.20 bits per heavy atom. The fourth-order valence-corrected chi connectivity index (χ4v) is 3.88. The predicted octanol–water partition coefficient (Wildman–Crippen LogP) is 4.76. The Morgan fingerprint density at radius 1 is 1.40 bits per heavy atom. The second-order valence-corrected chi connectivity index (χ2v) is 6.89. The highest BCUT2D eigenvalue weighted by atomic mass is 79.9. The zero-order valence-electron chi connectivity index (χ0n) is 12.1. The Hall–Kier alpha value is -0.0900. The molecular weight excluding hydrogens is 336 g/mol. The summed E-state index contributed by atoms with van der Waals surface area (Å²) in [5.41, 5.74) is 7.26. The van der Waals surface area contributed by atoms with E-state index in [-0.39, 0.29) is 6.04 Å². The predicted molar refractivity (Wildman–Crippen MR) is 90.2 cm³/mol. The number of rotatable bonds is 4. The van der Waals surface area contributed by atoms with Gasteiger partial charge in [0.15, 0.2) is 0 Å². The molecule has 2 N–H and O–H groups in total. The Labute approximate surface area is 135 Å². The summed E-state index contributed by atoms with van der Waals surface area (Å²) < 4.78 is 1.07. The normalized spacial score (nSPS) is 22.5. The molecule has 0 bridgehead atoms. The first kappa shape index (κ1) is 16.3. The number of nitrogens with zero attached hydrogens (tertiary/aromatic N) is 1. The van der Waals surface area contributed by atoms with Gasteiger partial charge in [-0.1, -0.05) is 47.3 Å². The molecule has 2 rings (SSSR count). The van der Waals surface area contributed by atoms with E-state index in [9.17, 15) is 0 Å². The molecule has 1 saturated heterocycles. The number of hydrogen-bond acceptors (Lipinski definition) is 2. The molecule has 1 aliphatic rings. The monoisotopic (exact) mass is 358 g/mol. The number of likely N-dealkylation sites (tertiary alicyclic amines) is 1. The van der Waals surface area contributed by atoms with Crippen molar-refractivity contribution in [1.82, 2.24) is 4.90 Å². The summed E-state index contributed by atoms with van der Waals surface area (Å²) in [6, 6.07) is 6.92. The van der Waals surface area contributed by atoms with Crippen molar-refractivity contribution >= 4 is 27.5 Å². The summed E-state index contributed by atoms with van der Waals surface area (Å²) in [6.45, 7) is 4.02. The average Bonchev–Trinajstić information content (AvgIpc) is 2.69. The van der Waals surface area contributed by atoms with Crippen LogP contribution in [-0.2, 0) is 0 Å². The van der Waals surface area contributed by atoms with E-state index in [0.717, 1.165) is 21.6 Å². The number of benzene rings is 1. The molecule has 1 heterocycles. The molecule has 0 spiro atoms. The minimum Gasteiger partial charge on any atom is -0.329 e. The molecule has 20 heavy (non-hydrogen) atoms. The van der Waals surface area contributed by atoms with Crippen LogP contribution in [-0.4, -0.2) is 24.0 Å². The van der Waals surface area contributed by atoms with Crippen LogP contribution in [0.5, 0.6) is 0 Å². The molecule has 0 aromatic heterocycles. The molecule has 4 heteroatoms. The standard InChI is InChI=1S/C16H24BrClN2/c1-2-13-6-4-3-5-9-20(13)16(11-19)14-10-12(17)7-8-15(14)18/h7-8,10,13,16H,2-6,9,11,19H2,1H3. The molecule has 2 nitrogen and oxygen atoms in total. The van der Waals surface area contributed by atoms with E-state index < -0.39 is 0 Å². The minimum atomic E-state index is 0.225. The maximum atomic E-state index is 6.42. The lowest BCUT2D eigenvalue weighted by atomic mass is 10.0. The van der Waals surface area contributed by atoms with E-state index in [1.807, 2.05) is 12.1 Å². The van der Waals surface area contributed by atoms with Gasteiger partial charge in [0.05, 0.1) is 0 Å². The quantitative estimate of drug-likeness (QED) is 0.840. The van der Waals surface area contributed by atoms with Crippen LogP contribution in [0.15, 0.2) is 22.7 Å². The Morgan fingerprint density at radius 3 is 2.90 bits per heavy atom. The van der Waals surface area contributed by atoms with E-state index in [2.05, 4.69) is 33.8 Å². The highest BCUT2D eigenvalue weighted by Crippen LogP contribution is 2.33. The van der Waals surface area contributed by atoms with Gasteiger partial charge in [-0.2, -0.15) is 0 Å². The fraction of sp³-hybridized carbons (Fsp3) is 0.625. The van der Waals surface area contributed by atoms with Crippen molar-refractivity contribution in [2.24, 2.45) is 5.73 Å². The molecule has 1 fully saturated rings. The van der Waals surface area contributed by atoms with Gasteiger partial charge in [-0.15, -0.1) is 0 Å². The summed E-state index contributed by atoms with van der Waals surface area (Å²) in [6.07, 6.45) is 6.38. The molecule has 2 atom stereocenters. The SMILES string of the molecule is CCC1CCCCCN1C(CN)c1cc(Br)ccc1Cl. The maximum absolute atomic E-state index is 6.42. The fourth-order valence-electron chi connectivity index (χ4n) is 3.26. The molecule has 1 aromatic rings. The Bertz CT molecular complexity index is 438. The van der Waals surface area contributed by atoms with Gasteiger partial charge in [0, 0.05) is 28.1 Å². The van der Waals surface area contributed by atoms with E-state index in [1.165, 1.54) is 32.1 Å². The topological polar surface area (TPSA) is 29.3 Å². The maximum Gasteiger partial charge on any atom is 0.0488 e. The summed E-state index contributed by atoms with van der Waals surface area (Å²) in [7, 11) is 0. The van der Waals surface area contributed by atoms with Gasteiger partial charge < -0.3 is 5.73 Å². The van der Waals surface area contributed by atoms with Crippen LogP contribution in [0.2, 0.25) is 5.02 Å². The van der Waals surface area contributed by atoms with Crippen LogP contribution in [0, 0.1) is 0 Å². The van der Waals surface area contributed by atoms with Crippen LogP contribution in [0.1, 0.15) is 50.6 Å². The smallest absolute Gasteiger partial charge is 0.0488 e. The molecule has 2 unspecified atom stereocenters. The van der Waals surface area contributed by atoms with Crippen molar-refractivity contribution in [1.29, 1.82) is 0 Å². The first-order valence-corrected chi connectivity index (χ1v) is 8.75. The summed E-state index contributed by atoms with van der Waals surface area (Å²) in [5.74, 6) is 0. The van der Waals surface area contributed by atoms with Gasteiger partial charge in [-0.25, -0.2) is 0 Å². The number of hydrogen-bond donors (Lipinski definition) is 1. The van der Waals surface area contributed by atoms with Crippen molar-refractivity contribution in [3.63, 3.8) is 0 Å². The van der Waals surface area contributed by atoms with Gasteiger partial charge in [0.2, 0.25) is 0 Å². The molecular formula is C16H24BrClN2. The van der Waals surface area contributed by atoms with E-state index >= 15 is 0 Å². The van der Waals surface area contributed by atoms with Crippen LogP contribution in [0.3, 0.4) is 0 Å². The first-order chi connectivity index (χ1) is 9.67. The first-order valence-electron chi connectivity index (χ1n) is 7.58. The molecule has 0 amide bonds. The largest absolute Gasteiger partial charge is 0.329 e. The van der Waals surface area contributed by atoms with Gasteiger partial charge in [0.25, 0.3) is 0 Å². The zero-order valence-corrected chi connectivity index (χ0v) is 14.5. The van der Waals surface area contributed by atoms with Crippen LogP contribution >= 0.6 is 27.5 Å². The second kappa shape index (κ2) is 7.79. The lowest BCUT2D eigenvalue weighted by molar-refractivity contribution is 0.136. The van der Waals surface area contributed by atoms with Crippen molar-refractivity contribution in [3.05, 3.63) is 33.3 Å². The van der Waals surface area contributed by atoms with Gasteiger partial charge in [-0.3, -0.25) is 4.90 Å². The average molecular weight is 360 g/mol. The van der Waals surface area contributed by atoms with Gasteiger partial charge in [0.1, 0.15) is 0 Å². The molecule has 112 valence electrons. The second-order valence-electron chi connectivity index (χ2n) is 5.57. The number of halogens is 2. The Kier molecular flexibility index (Phi) is 6.34. The van der Waals surface area contributed by atoms with Crippen molar-refractivity contribution in [2.75, 3.05) is 13.1 Å². The van der Waals surface area contributed by atoms with Crippen LogP contribution in [0.25, 0.3) is 0 Å². The van der Waals surface area contributed by atoms with E-state index in [1.54, 1.807) is 0 Å². The third-order valence-electron chi connectivity index (χ3n) is 4.33. The van der Waals surface area contributed by atoms with Gasteiger partial charge >= 0.3 is 0 Å². The van der Waals surface area contributed by atoms with Crippen LogP contribution < -0.4 is 5.73 Å². The molecule has 0 radical (unpaired) electrons. The van der Waals surface area contributed by atoms with Gasteiger partial charge in [-0.05, 0) is 49.6 Å². The highest BCUT2D eigenvalue weighted by molar-refractivity contribution is 9.10. The third-order valence-corrected chi connectivity index (χ3v) is 5.17. The van der Waals surface area contributed by atoms with E-state index in [4.69, 9.17) is 17.3 Å². The summed E-state index contributed by atoms with van der Waals surface area (Å²) in [4.78, 5) is 2.58. The molecule has 0 saturated carbocycles. The number of nitrogens with two attached hydrogens (primary N) is 1. The molecule has 0 aliphatic carbocycles. The highest BCUT2D eigenvalue weighted by Gasteiger charge is 2.28. The molecule has 1 aromatic carbocycles. The minimum absolute atomic E-state index is 0.225. The van der Waals surface area contributed by atoms with Crippen molar-refractivity contribution < 1.29 is 0 Å². The zero-order chi connectivity index (χ0) is 14.5. The van der Waals surface area contributed by atoms with E-state index in [0.29, 0.717) is 12.6 Å². The third kappa shape index (κ3) is 3.76. The summed E-state index contributed by atoms with van der Waals surface area (Å²) >= 11 is 9.97.